The highest BCUT2D eigenvalue weighted by Crippen LogP contribution is 2.75. The van der Waals surface area contributed by atoms with Gasteiger partial charge in [-0.3, -0.25) is 9.59 Å². The summed E-state index contributed by atoms with van der Waals surface area (Å²) in [5.74, 6) is 0.466. The molecule has 0 aromatic rings. The second-order valence-electron chi connectivity index (χ2n) is 18.0. The Morgan fingerprint density at radius 1 is 0.873 bits per heavy atom. The van der Waals surface area contributed by atoms with Crippen LogP contribution >= 0.6 is 0 Å². The summed E-state index contributed by atoms with van der Waals surface area (Å²) in [5, 5.41) is 71.4. The van der Waals surface area contributed by atoms with E-state index in [1.807, 2.05) is 6.92 Å². The molecule has 0 aromatic carbocycles. The van der Waals surface area contributed by atoms with Gasteiger partial charge in [-0.25, -0.2) is 4.79 Å². The third-order valence-corrected chi connectivity index (χ3v) is 15.5. The predicted molar refractivity (Wildman–Crippen MR) is 194 cm³/mol. The molecule has 0 radical (unpaired) electrons. The first kappa shape index (κ1) is 42.5. The van der Waals surface area contributed by atoms with Crippen molar-refractivity contribution in [2.45, 2.75) is 161 Å². The van der Waals surface area contributed by atoms with Crippen LogP contribution in [0.1, 0.15) is 99.3 Å². The zero-order valence-electron chi connectivity index (χ0n) is 32.9. The Hall–Kier alpha value is -2.11. The number of carbonyl (C=O) groups excluding carboxylic acids is 3. The first-order valence-corrected chi connectivity index (χ1v) is 20.1. The van der Waals surface area contributed by atoms with Crippen molar-refractivity contribution in [2.24, 2.45) is 39.9 Å². The van der Waals surface area contributed by atoms with Gasteiger partial charge in [0.1, 0.15) is 54.6 Å². The predicted octanol–water partition coefficient (Wildman–Crippen LogP) is 1.62. The number of esters is 1. The maximum atomic E-state index is 14.3. The van der Waals surface area contributed by atoms with Crippen molar-refractivity contribution in [2.75, 3.05) is 13.2 Å². The van der Waals surface area contributed by atoms with E-state index in [9.17, 15) is 50.1 Å². The first-order chi connectivity index (χ1) is 25.8. The Bertz CT molecular complexity index is 1540. The van der Waals surface area contributed by atoms with Crippen LogP contribution < -0.4 is 0 Å². The summed E-state index contributed by atoms with van der Waals surface area (Å²) >= 11 is 0. The molecule has 6 aliphatic rings. The molecule has 14 nitrogen and oxygen atoms in total. The summed E-state index contributed by atoms with van der Waals surface area (Å²) < 4.78 is 21.8. The minimum atomic E-state index is -1.79. The summed E-state index contributed by atoms with van der Waals surface area (Å²) in [4.78, 5) is 40.0. The lowest BCUT2D eigenvalue weighted by atomic mass is 9.38. The standard InChI is InChI=1S/C41H62O14/c1-19(24-13-15-41(6)39(4)14-12-22-21(3)25(43)11-10-23(22)29(39)26(44)16-40(24,41)5)8-7-9-20(2)36(51)55-38-35(50)33(48)31(46)28(54-38)18-52-37-34(49)32(47)30(45)27(17-42)53-37/h9,19,23-24,27-35,37-38,42,45-50H,7-8,10-18H2,1-6H3/b20-9+/t19-,23?,24?,27?,28?,29+,30-,31-,32?,33?,34?,35?,37-,38+,39-,40-,41+/m1/s1. The molecule has 2 heterocycles. The molecule has 2 aliphatic heterocycles. The van der Waals surface area contributed by atoms with E-state index < -0.39 is 80.6 Å². The van der Waals surface area contributed by atoms with Crippen LogP contribution in [0.3, 0.4) is 0 Å². The highest BCUT2D eigenvalue weighted by Gasteiger charge is 2.70. The van der Waals surface area contributed by atoms with Gasteiger partial charge >= 0.3 is 5.97 Å². The van der Waals surface area contributed by atoms with E-state index in [0.29, 0.717) is 31.0 Å². The van der Waals surface area contributed by atoms with E-state index in [1.165, 1.54) is 5.57 Å². The summed E-state index contributed by atoms with van der Waals surface area (Å²) in [6.07, 6.45) is -7.27. The van der Waals surface area contributed by atoms with Gasteiger partial charge in [-0.2, -0.15) is 0 Å². The zero-order chi connectivity index (χ0) is 40.4. The van der Waals surface area contributed by atoms with Gasteiger partial charge in [0.2, 0.25) is 6.29 Å². The maximum Gasteiger partial charge on any atom is 0.335 e. The molecule has 0 spiro atoms. The van der Waals surface area contributed by atoms with Gasteiger partial charge in [0.05, 0.1) is 13.2 Å². The number of fused-ring (bicyclic) bond motifs is 5. The Labute approximate surface area is 322 Å². The quantitative estimate of drug-likeness (QED) is 0.124. The highest BCUT2D eigenvalue weighted by atomic mass is 16.7. The van der Waals surface area contributed by atoms with Crippen LogP contribution in [0.2, 0.25) is 0 Å². The number of ketones is 2. The number of hydrogen-bond donors (Lipinski definition) is 7. The molecule has 8 unspecified atom stereocenters. The third kappa shape index (κ3) is 7.10. The van der Waals surface area contributed by atoms with Gasteiger partial charge in [-0.05, 0) is 98.4 Å². The van der Waals surface area contributed by atoms with Crippen LogP contribution in [0.4, 0.5) is 0 Å². The normalized spacial score (nSPS) is 46.9. The van der Waals surface area contributed by atoms with Crippen LogP contribution in [-0.4, -0.2) is 128 Å². The van der Waals surface area contributed by atoms with Gasteiger partial charge in [0.25, 0.3) is 0 Å². The molecule has 17 atom stereocenters. The Morgan fingerprint density at radius 3 is 2.18 bits per heavy atom. The summed E-state index contributed by atoms with van der Waals surface area (Å²) in [6.45, 7) is 11.6. The number of aliphatic hydroxyl groups excluding tert-OH is 7. The molecule has 4 aliphatic carbocycles. The van der Waals surface area contributed by atoms with Crippen molar-refractivity contribution < 1.29 is 69.1 Å². The van der Waals surface area contributed by atoms with Crippen LogP contribution in [0, 0.1) is 39.9 Å². The third-order valence-electron chi connectivity index (χ3n) is 15.5. The molecule has 0 aromatic heterocycles. The number of allylic oxidation sites excluding steroid dienone is 2. The minimum Gasteiger partial charge on any atom is -0.429 e. The number of carbonyl (C=O) groups is 3. The summed E-state index contributed by atoms with van der Waals surface area (Å²) in [7, 11) is 0. The molecule has 310 valence electrons. The number of Topliss-reactive ketones (excluding diaryl/α,β-unsaturated/α-hetero) is 2. The molecule has 55 heavy (non-hydrogen) atoms. The smallest absolute Gasteiger partial charge is 0.335 e. The van der Waals surface area contributed by atoms with Gasteiger partial charge in [-0.1, -0.05) is 39.3 Å². The Morgan fingerprint density at radius 2 is 1.51 bits per heavy atom. The van der Waals surface area contributed by atoms with Crippen molar-refractivity contribution in [3.63, 3.8) is 0 Å². The largest absolute Gasteiger partial charge is 0.429 e. The van der Waals surface area contributed by atoms with Crippen molar-refractivity contribution in [1.82, 2.24) is 0 Å². The first-order valence-electron chi connectivity index (χ1n) is 20.1. The molecular weight excluding hydrogens is 716 g/mol. The molecule has 5 fully saturated rings. The molecule has 2 saturated heterocycles. The van der Waals surface area contributed by atoms with Crippen molar-refractivity contribution in [3.8, 4) is 0 Å². The van der Waals surface area contributed by atoms with Gasteiger partial charge in [-0.15, -0.1) is 0 Å². The van der Waals surface area contributed by atoms with E-state index in [1.54, 1.807) is 13.0 Å². The van der Waals surface area contributed by atoms with Crippen molar-refractivity contribution in [3.05, 3.63) is 22.8 Å². The second kappa shape index (κ2) is 15.9. The molecule has 3 saturated carbocycles. The van der Waals surface area contributed by atoms with Gasteiger partial charge in [0.15, 0.2) is 12.1 Å². The molecule has 7 N–H and O–H groups in total. The fraction of sp³-hybridized carbons (Fsp3) is 0.829. The maximum absolute atomic E-state index is 14.3. The molecule has 0 amide bonds. The fourth-order valence-electron chi connectivity index (χ4n) is 11.7. The molecule has 0 bridgehead atoms. The topological polar surface area (TPSA) is 230 Å². The van der Waals surface area contributed by atoms with E-state index in [0.717, 1.165) is 44.1 Å². The Balaban J connectivity index is 1.05. The molecule has 14 heteroatoms. The lowest BCUT2D eigenvalue weighted by molar-refractivity contribution is -0.326. The van der Waals surface area contributed by atoms with Crippen LogP contribution in [0.15, 0.2) is 22.8 Å². The summed E-state index contributed by atoms with van der Waals surface area (Å²) in [6, 6.07) is 0. The SMILES string of the molecule is CC1=C2CC[C@]3(C)[C@H](C(=O)C[C@]4(C)C([C@H](C)CC/C=C(\C)C(=O)O[C@@H]5OC(CO[C@@H]6OC(CO)[C@@H](O)C(O)C6O)[C@@H](O)C(O)C5O)CC[C@]43C)C2CCC1=O. The number of aliphatic hydroxyl groups is 7. The van der Waals surface area contributed by atoms with Gasteiger partial charge in [0, 0.05) is 24.3 Å². The van der Waals surface area contributed by atoms with E-state index >= 15 is 0 Å². The minimum absolute atomic E-state index is 0.0370. The van der Waals surface area contributed by atoms with E-state index in [4.69, 9.17) is 18.9 Å². The second-order valence-corrected chi connectivity index (χ2v) is 18.0. The van der Waals surface area contributed by atoms with Crippen LogP contribution in [0.5, 0.6) is 0 Å². The van der Waals surface area contributed by atoms with E-state index in [-0.39, 0.29) is 45.4 Å². The fourth-order valence-corrected chi connectivity index (χ4v) is 11.7. The highest BCUT2D eigenvalue weighted by molar-refractivity contribution is 5.97. The number of ether oxygens (including phenoxy) is 4. The Kier molecular flexibility index (Phi) is 12.3. The molecule has 6 rings (SSSR count). The average molecular weight is 779 g/mol. The number of hydrogen-bond acceptors (Lipinski definition) is 14. The van der Waals surface area contributed by atoms with Gasteiger partial charge < -0.3 is 54.7 Å². The lowest BCUT2D eigenvalue weighted by Crippen LogP contribution is -2.62. The van der Waals surface area contributed by atoms with Crippen LogP contribution in [0.25, 0.3) is 0 Å². The van der Waals surface area contributed by atoms with Crippen LogP contribution in [-0.2, 0) is 33.3 Å². The monoisotopic (exact) mass is 778 g/mol. The number of rotatable bonds is 10. The van der Waals surface area contributed by atoms with E-state index in [2.05, 4.69) is 27.7 Å². The zero-order valence-corrected chi connectivity index (χ0v) is 32.9. The summed E-state index contributed by atoms with van der Waals surface area (Å²) in [5.41, 5.74) is 2.00. The average Bonchev–Trinajstić information content (AvgIpc) is 3.42. The van der Waals surface area contributed by atoms with Crippen molar-refractivity contribution in [1.29, 1.82) is 0 Å². The van der Waals surface area contributed by atoms with Crippen molar-refractivity contribution >= 4 is 17.5 Å². The molecular formula is C41H62O14. The lowest BCUT2D eigenvalue weighted by Gasteiger charge is -2.65.